The molecule has 0 saturated heterocycles. The van der Waals surface area contributed by atoms with Gasteiger partial charge in [0.25, 0.3) is 0 Å². The molecule has 0 heterocycles. The van der Waals surface area contributed by atoms with Crippen LogP contribution in [-0.4, -0.2) is 41.8 Å². The number of carboxylic acid groups (broad SMARTS) is 1. The molecule has 2 aromatic rings. The highest BCUT2D eigenvalue weighted by molar-refractivity contribution is 7.98. The van der Waals surface area contributed by atoms with Crippen LogP contribution in [-0.2, 0) is 9.53 Å². The number of thioether (sulfide) groups is 1. The zero-order valence-electron chi connectivity index (χ0n) is 17.0. The van der Waals surface area contributed by atoms with Crippen LogP contribution in [0.1, 0.15) is 27.6 Å². The highest BCUT2D eigenvalue weighted by Gasteiger charge is 2.29. The molecule has 26 heavy (non-hydrogen) atoms. The number of hydrogen-bond acceptors (Lipinski definition) is 4. The molecule has 0 bridgehead atoms. The summed E-state index contributed by atoms with van der Waals surface area (Å²) >= 11 is 0.669. The number of amides is 1. The van der Waals surface area contributed by atoms with Crippen LogP contribution in [0.3, 0.4) is 0 Å². The van der Waals surface area contributed by atoms with Gasteiger partial charge in [0.05, 0.1) is 0 Å². The maximum Gasteiger partial charge on any atom is 0.407 e. The van der Waals surface area contributed by atoms with Crippen LogP contribution in [0.4, 0.5) is 4.79 Å². The third-order valence-corrected chi connectivity index (χ3v) is 4.88. The first kappa shape index (κ1) is 14.7. The molecule has 0 unspecified atom stereocenters. The van der Waals surface area contributed by atoms with E-state index in [1.54, 1.807) is 0 Å². The number of nitrogens with one attached hydrogen (secondary N) is 1. The van der Waals surface area contributed by atoms with Gasteiger partial charge in [0, 0.05) is 10.0 Å². The van der Waals surface area contributed by atoms with Gasteiger partial charge in [-0.25, -0.2) is 9.59 Å². The van der Waals surface area contributed by atoms with Gasteiger partial charge in [-0.15, -0.1) is 0 Å². The van der Waals surface area contributed by atoms with Gasteiger partial charge >= 0.3 is 12.1 Å². The molecule has 3 rings (SSSR count). The van der Waals surface area contributed by atoms with E-state index >= 15 is 0 Å². The van der Waals surface area contributed by atoms with Crippen LogP contribution in [0, 0.1) is 0 Å². The number of benzene rings is 2. The molecule has 0 radical (unpaired) electrons. The number of rotatable bonds is 7. The minimum Gasteiger partial charge on any atom is -0.480 e. The molecule has 0 aromatic heterocycles. The van der Waals surface area contributed by atoms with E-state index in [1.807, 2.05) is 48.5 Å². The van der Waals surface area contributed by atoms with Crippen LogP contribution in [0.5, 0.6) is 0 Å². The first-order valence-corrected chi connectivity index (χ1v) is 9.23. The molecule has 0 aliphatic heterocycles. The highest BCUT2D eigenvalue weighted by Crippen LogP contribution is 2.44. The Labute approximate surface area is 161 Å². The van der Waals surface area contributed by atoms with E-state index in [0.717, 1.165) is 22.3 Å². The Morgan fingerprint density at radius 2 is 1.81 bits per heavy atom. The fourth-order valence-corrected chi connectivity index (χ4v) is 3.57. The summed E-state index contributed by atoms with van der Waals surface area (Å²) in [6, 6.07) is 14.6. The van der Waals surface area contributed by atoms with Crippen molar-refractivity contribution < 1.29 is 23.5 Å². The summed E-state index contributed by atoms with van der Waals surface area (Å²) in [6.45, 7) is 0.0796. The molecule has 0 fully saturated rings. The molecule has 1 amide bonds. The largest absolute Gasteiger partial charge is 0.480 e. The van der Waals surface area contributed by atoms with Gasteiger partial charge < -0.3 is 15.2 Å². The first-order valence-electron chi connectivity index (χ1n) is 9.74. The first-order chi connectivity index (χ1) is 13.8. The fourth-order valence-electron chi connectivity index (χ4n) is 3.22. The van der Waals surface area contributed by atoms with Crippen LogP contribution in [0.15, 0.2) is 48.5 Å². The monoisotopic (exact) mass is 374 g/mol. The topological polar surface area (TPSA) is 75.6 Å². The molecule has 1 atom stereocenters. The van der Waals surface area contributed by atoms with E-state index in [9.17, 15) is 14.7 Å². The summed E-state index contributed by atoms with van der Waals surface area (Å²) in [5.74, 6) is -1.27. The minimum absolute atomic E-state index is 0.0113. The van der Waals surface area contributed by atoms with E-state index < -0.39 is 24.3 Å². The second kappa shape index (κ2) is 8.27. The lowest BCUT2D eigenvalue weighted by Gasteiger charge is -2.17. The smallest absolute Gasteiger partial charge is 0.407 e. The molecule has 1 aliphatic carbocycles. The van der Waals surface area contributed by atoms with Crippen molar-refractivity contribution in [2.45, 2.75) is 18.4 Å². The normalized spacial score (nSPS) is 15.8. The number of carbonyl (C=O) groups is 2. The van der Waals surface area contributed by atoms with Crippen LogP contribution >= 0.6 is 11.8 Å². The predicted octanol–water partition coefficient (Wildman–Crippen LogP) is 3.73. The molecule has 2 N–H and O–H groups in total. The molecule has 5 nitrogen and oxygen atoms in total. The Bertz CT molecular complexity index is 858. The van der Waals surface area contributed by atoms with Crippen molar-refractivity contribution in [1.82, 2.24) is 5.32 Å². The van der Waals surface area contributed by atoms with Crippen molar-refractivity contribution in [3.63, 3.8) is 0 Å². The van der Waals surface area contributed by atoms with Gasteiger partial charge in [-0.1, -0.05) is 48.5 Å². The van der Waals surface area contributed by atoms with E-state index in [2.05, 4.69) is 5.32 Å². The number of carbonyl (C=O) groups excluding carboxylic acids is 1. The number of hydrogen-bond donors (Lipinski definition) is 2. The number of carboxylic acids is 1. The van der Waals surface area contributed by atoms with Crippen molar-refractivity contribution in [1.29, 1.82) is 0 Å². The van der Waals surface area contributed by atoms with Crippen molar-refractivity contribution in [3.8, 4) is 11.1 Å². The zero-order chi connectivity index (χ0) is 21.0. The van der Waals surface area contributed by atoms with Gasteiger partial charge in [-0.3, -0.25) is 0 Å². The number of ether oxygens (including phenoxy) is 1. The standard InChI is InChI=1S/C20H21NO4S/c1-26-11-10-18(19(22)23)21-20(24)25-12-17-15-8-4-2-6-13(15)14-7-3-5-9-16(14)17/h2-9,17-18H,10-12H2,1H3,(H,21,24)(H,22,23)/t18-/m1/s1/i1D3. The Morgan fingerprint density at radius 3 is 2.38 bits per heavy atom. The molecular weight excluding hydrogens is 350 g/mol. The average Bonchev–Trinajstić information content (AvgIpc) is 2.98. The number of aliphatic carboxylic acids is 1. The summed E-state index contributed by atoms with van der Waals surface area (Å²) in [6.07, 6.45) is -3.05. The summed E-state index contributed by atoms with van der Waals surface area (Å²) < 4.78 is 26.8. The van der Waals surface area contributed by atoms with Crippen molar-refractivity contribution in [2.24, 2.45) is 0 Å². The SMILES string of the molecule is [2H]C([2H])([2H])SCC[C@@H](NC(=O)OCC1c2ccccc2-c2ccccc21)C(=O)O. The summed E-state index contributed by atoms with van der Waals surface area (Å²) in [4.78, 5) is 23.5. The quantitative estimate of drug-likeness (QED) is 0.772. The van der Waals surface area contributed by atoms with E-state index in [4.69, 9.17) is 8.85 Å². The lowest BCUT2D eigenvalue weighted by molar-refractivity contribution is -0.139. The average molecular weight is 374 g/mol. The molecule has 1 aliphatic rings. The zero-order valence-corrected chi connectivity index (χ0v) is 14.8. The minimum atomic E-state index is -2.20. The Hall–Kier alpha value is -2.47. The van der Waals surface area contributed by atoms with Gasteiger partial charge in [-0.2, -0.15) is 11.8 Å². The summed E-state index contributed by atoms with van der Waals surface area (Å²) in [7, 11) is 0. The third kappa shape index (κ3) is 3.85. The summed E-state index contributed by atoms with van der Waals surface area (Å²) in [5, 5.41) is 11.6. The lowest BCUT2D eigenvalue weighted by Crippen LogP contribution is -2.41. The Morgan fingerprint density at radius 1 is 1.19 bits per heavy atom. The highest BCUT2D eigenvalue weighted by atomic mass is 32.2. The molecular formula is C20H21NO4S. The molecule has 2 aromatic carbocycles. The molecule has 0 saturated carbocycles. The van der Waals surface area contributed by atoms with E-state index in [0.29, 0.717) is 11.8 Å². The summed E-state index contributed by atoms with van der Waals surface area (Å²) in [5.41, 5.74) is 4.32. The van der Waals surface area contributed by atoms with Crippen LogP contribution in [0.2, 0.25) is 0 Å². The Kier molecular flexibility index (Phi) is 4.67. The second-order valence-electron chi connectivity index (χ2n) is 6.00. The fraction of sp³-hybridized carbons (Fsp3) is 0.300. The molecule has 6 heteroatoms. The van der Waals surface area contributed by atoms with Gasteiger partial charge in [0.1, 0.15) is 12.6 Å². The van der Waals surface area contributed by atoms with Crippen molar-refractivity contribution >= 4 is 23.8 Å². The Balaban J connectivity index is 1.61. The van der Waals surface area contributed by atoms with Gasteiger partial charge in [0.15, 0.2) is 0 Å². The second-order valence-corrected chi connectivity index (χ2v) is 6.69. The van der Waals surface area contributed by atoms with Crippen LogP contribution < -0.4 is 5.32 Å². The maximum absolute atomic E-state index is 12.2. The molecule has 0 spiro atoms. The van der Waals surface area contributed by atoms with E-state index in [1.165, 1.54) is 0 Å². The van der Waals surface area contributed by atoms with Gasteiger partial charge in [0.2, 0.25) is 0 Å². The van der Waals surface area contributed by atoms with E-state index in [-0.39, 0.29) is 24.7 Å². The number of fused-ring (bicyclic) bond motifs is 3. The van der Waals surface area contributed by atoms with Crippen molar-refractivity contribution in [3.05, 3.63) is 59.7 Å². The molecule has 136 valence electrons. The van der Waals surface area contributed by atoms with Crippen LogP contribution in [0.25, 0.3) is 11.1 Å². The van der Waals surface area contributed by atoms with Gasteiger partial charge in [-0.05, 0) is 40.6 Å². The maximum atomic E-state index is 12.2. The third-order valence-electron chi connectivity index (χ3n) is 4.44. The lowest BCUT2D eigenvalue weighted by atomic mass is 9.98. The predicted molar refractivity (Wildman–Crippen MR) is 103 cm³/mol. The number of alkyl carbamates (subject to hydrolysis) is 1. The van der Waals surface area contributed by atoms with Crippen molar-refractivity contribution in [2.75, 3.05) is 18.5 Å².